The van der Waals surface area contributed by atoms with Crippen molar-refractivity contribution in [2.24, 2.45) is 0 Å². The molecule has 0 bridgehead atoms. The molecule has 2 N–H and O–H groups in total. The van der Waals surface area contributed by atoms with E-state index in [1.165, 1.54) is 18.4 Å². The fourth-order valence-electron chi connectivity index (χ4n) is 1.93. The Balaban J connectivity index is 1.73. The highest BCUT2D eigenvalue weighted by Gasteiger charge is 2.20. The standard InChI is InChI=1S/C15H22N2O/c1-11-3-5-13(6-4-11)12(2)17-15(18)9-10-16-14-7-8-14/h3-6,12,14,16H,7-10H2,1-2H3,(H,17,18)/t12-/m0/s1. The molecule has 3 nitrogen and oxygen atoms in total. The van der Waals surface area contributed by atoms with Crippen LogP contribution in [0.3, 0.4) is 0 Å². The first-order valence-corrected chi connectivity index (χ1v) is 6.74. The van der Waals surface area contributed by atoms with E-state index < -0.39 is 0 Å². The van der Waals surface area contributed by atoms with E-state index in [1.807, 2.05) is 6.92 Å². The van der Waals surface area contributed by atoms with E-state index in [1.54, 1.807) is 0 Å². The summed E-state index contributed by atoms with van der Waals surface area (Å²) in [6.07, 6.45) is 3.09. The topological polar surface area (TPSA) is 41.1 Å². The zero-order chi connectivity index (χ0) is 13.0. The van der Waals surface area contributed by atoms with Gasteiger partial charge in [0.2, 0.25) is 5.91 Å². The first-order chi connectivity index (χ1) is 8.65. The van der Waals surface area contributed by atoms with Gasteiger partial charge in [-0.25, -0.2) is 0 Å². The highest BCUT2D eigenvalue weighted by atomic mass is 16.1. The second kappa shape index (κ2) is 6.01. The van der Waals surface area contributed by atoms with E-state index in [-0.39, 0.29) is 11.9 Å². The van der Waals surface area contributed by atoms with Crippen LogP contribution in [0.15, 0.2) is 24.3 Å². The summed E-state index contributed by atoms with van der Waals surface area (Å²) in [7, 11) is 0. The van der Waals surface area contributed by atoms with Gasteiger partial charge in [-0.2, -0.15) is 0 Å². The number of rotatable bonds is 6. The maximum Gasteiger partial charge on any atom is 0.221 e. The Hall–Kier alpha value is -1.35. The van der Waals surface area contributed by atoms with Gasteiger partial charge in [0.25, 0.3) is 0 Å². The Morgan fingerprint density at radius 2 is 2.00 bits per heavy atom. The van der Waals surface area contributed by atoms with Gasteiger partial charge in [0.1, 0.15) is 0 Å². The Labute approximate surface area is 109 Å². The van der Waals surface area contributed by atoms with Crippen LogP contribution >= 0.6 is 0 Å². The third-order valence-electron chi connectivity index (χ3n) is 3.32. The summed E-state index contributed by atoms with van der Waals surface area (Å²) in [5.74, 6) is 0.122. The van der Waals surface area contributed by atoms with Gasteiger partial charge in [-0.1, -0.05) is 29.8 Å². The number of amides is 1. The molecule has 1 saturated carbocycles. The Kier molecular flexibility index (Phi) is 4.37. The van der Waals surface area contributed by atoms with E-state index in [4.69, 9.17) is 0 Å². The summed E-state index contributed by atoms with van der Waals surface area (Å²) in [6, 6.07) is 9.05. The summed E-state index contributed by atoms with van der Waals surface area (Å²) >= 11 is 0. The monoisotopic (exact) mass is 246 g/mol. The Bertz CT molecular complexity index is 395. The molecular weight excluding hydrogens is 224 g/mol. The van der Waals surface area contributed by atoms with Crippen molar-refractivity contribution in [3.05, 3.63) is 35.4 Å². The molecule has 0 saturated heterocycles. The molecule has 0 unspecified atom stereocenters. The average Bonchev–Trinajstić information content (AvgIpc) is 3.13. The molecule has 0 spiro atoms. The SMILES string of the molecule is Cc1ccc([C@H](C)NC(=O)CCNC2CC2)cc1. The number of aryl methyl sites for hydroxylation is 1. The van der Waals surface area contributed by atoms with Crippen LogP contribution in [-0.2, 0) is 4.79 Å². The second-order valence-corrected chi connectivity index (χ2v) is 5.18. The average molecular weight is 246 g/mol. The molecule has 3 heteroatoms. The quantitative estimate of drug-likeness (QED) is 0.808. The lowest BCUT2D eigenvalue weighted by Crippen LogP contribution is -2.30. The van der Waals surface area contributed by atoms with Gasteiger partial charge in [-0.15, -0.1) is 0 Å². The van der Waals surface area contributed by atoms with Crippen molar-refractivity contribution >= 4 is 5.91 Å². The molecule has 1 aromatic carbocycles. The van der Waals surface area contributed by atoms with E-state index >= 15 is 0 Å². The van der Waals surface area contributed by atoms with Crippen molar-refractivity contribution in [2.45, 2.75) is 45.2 Å². The molecule has 1 aliphatic rings. The van der Waals surface area contributed by atoms with Gasteiger partial charge in [0.05, 0.1) is 6.04 Å². The lowest BCUT2D eigenvalue weighted by molar-refractivity contribution is -0.121. The van der Waals surface area contributed by atoms with Crippen LogP contribution in [0.2, 0.25) is 0 Å². The number of hydrogen-bond donors (Lipinski definition) is 2. The van der Waals surface area contributed by atoms with E-state index in [2.05, 4.69) is 41.8 Å². The Morgan fingerprint density at radius 1 is 1.33 bits per heavy atom. The van der Waals surface area contributed by atoms with E-state index in [9.17, 15) is 4.79 Å². The van der Waals surface area contributed by atoms with Gasteiger partial charge in [-0.05, 0) is 32.3 Å². The van der Waals surface area contributed by atoms with Gasteiger partial charge in [0.15, 0.2) is 0 Å². The molecular formula is C15H22N2O. The second-order valence-electron chi connectivity index (χ2n) is 5.18. The fourth-order valence-corrected chi connectivity index (χ4v) is 1.93. The van der Waals surface area contributed by atoms with E-state index in [0.29, 0.717) is 12.5 Å². The summed E-state index contributed by atoms with van der Waals surface area (Å²) in [5, 5.41) is 6.38. The van der Waals surface area contributed by atoms with Crippen molar-refractivity contribution in [2.75, 3.05) is 6.54 Å². The fraction of sp³-hybridized carbons (Fsp3) is 0.533. The predicted molar refractivity (Wildman–Crippen MR) is 73.4 cm³/mol. The van der Waals surface area contributed by atoms with Crippen molar-refractivity contribution < 1.29 is 4.79 Å². The molecule has 0 heterocycles. The number of benzene rings is 1. The zero-order valence-corrected chi connectivity index (χ0v) is 11.2. The summed E-state index contributed by atoms with van der Waals surface area (Å²) in [5.41, 5.74) is 2.40. The molecule has 1 atom stereocenters. The molecule has 1 fully saturated rings. The van der Waals surface area contributed by atoms with Gasteiger partial charge in [-0.3, -0.25) is 4.79 Å². The number of carbonyl (C=O) groups is 1. The number of hydrogen-bond acceptors (Lipinski definition) is 2. The van der Waals surface area contributed by atoms with Crippen LogP contribution in [0, 0.1) is 6.92 Å². The third kappa shape index (κ3) is 4.15. The molecule has 1 aliphatic carbocycles. The van der Waals surface area contributed by atoms with Crippen LogP contribution in [0.25, 0.3) is 0 Å². The first kappa shape index (κ1) is 13.1. The molecule has 2 rings (SSSR count). The smallest absolute Gasteiger partial charge is 0.221 e. The zero-order valence-electron chi connectivity index (χ0n) is 11.2. The van der Waals surface area contributed by atoms with Crippen molar-refractivity contribution in [3.8, 4) is 0 Å². The minimum Gasteiger partial charge on any atom is -0.350 e. The highest BCUT2D eigenvalue weighted by Crippen LogP contribution is 2.18. The number of nitrogens with one attached hydrogen (secondary N) is 2. The van der Waals surface area contributed by atoms with Gasteiger partial charge in [0, 0.05) is 19.0 Å². The van der Waals surface area contributed by atoms with Crippen LogP contribution in [0.4, 0.5) is 0 Å². The lowest BCUT2D eigenvalue weighted by atomic mass is 10.1. The highest BCUT2D eigenvalue weighted by molar-refractivity contribution is 5.76. The molecule has 98 valence electrons. The lowest BCUT2D eigenvalue weighted by Gasteiger charge is -2.14. The number of carbonyl (C=O) groups excluding carboxylic acids is 1. The van der Waals surface area contributed by atoms with E-state index in [0.717, 1.165) is 12.1 Å². The van der Waals surface area contributed by atoms with Crippen LogP contribution in [0.5, 0.6) is 0 Å². The summed E-state index contributed by atoms with van der Waals surface area (Å²) < 4.78 is 0. The van der Waals surface area contributed by atoms with Crippen molar-refractivity contribution in [1.82, 2.24) is 10.6 Å². The molecule has 0 aromatic heterocycles. The van der Waals surface area contributed by atoms with Crippen LogP contribution in [-0.4, -0.2) is 18.5 Å². The molecule has 1 amide bonds. The maximum atomic E-state index is 11.7. The summed E-state index contributed by atoms with van der Waals surface area (Å²) in [6.45, 7) is 4.88. The molecule has 0 aliphatic heterocycles. The minimum absolute atomic E-state index is 0.0824. The molecule has 0 radical (unpaired) electrons. The first-order valence-electron chi connectivity index (χ1n) is 6.74. The van der Waals surface area contributed by atoms with Gasteiger partial charge < -0.3 is 10.6 Å². The maximum absolute atomic E-state index is 11.7. The normalized spacial score (nSPS) is 16.3. The van der Waals surface area contributed by atoms with Crippen molar-refractivity contribution in [1.29, 1.82) is 0 Å². The van der Waals surface area contributed by atoms with Gasteiger partial charge >= 0.3 is 0 Å². The minimum atomic E-state index is 0.0824. The third-order valence-corrected chi connectivity index (χ3v) is 3.32. The largest absolute Gasteiger partial charge is 0.350 e. The van der Waals surface area contributed by atoms with Crippen LogP contribution in [0.1, 0.15) is 43.4 Å². The predicted octanol–water partition coefficient (Wildman–Crippen LogP) is 2.31. The summed E-state index contributed by atoms with van der Waals surface area (Å²) in [4.78, 5) is 11.7. The molecule has 1 aromatic rings. The Morgan fingerprint density at radius 3 is 2.61 bits per heavy atom. The van der Waals surface area contributed by atoms with Crippen LogP contribution < -0.4 is 10.6 Å². The van der Waals surface area contributed by atoms with Crippen molar-refractivity contribution in [3.63, 3.8) is 0 Å². The molecule has 18 heavy (non-hydrogen) atoms.